The van der Waals surface area contributed by atoms with Crippen molar-refractivity contribution < 1.29 is 9.53 Å². The van der Waals surface area contributed by atoms with Crippen molar-refractivity contribution in [2.75, 3.05) is 0 Å². The van der Waals surface area contributed by atoms with Crippen LogP contribution in [0.2, 0.25) is 0 Å². The van der Waals surface area contributed by atoms with Crippen LogP contribution in [0.4, 0.5) is 0 Å². The van der Waals surface area contributed by atoms with Crippen LogP contribution in [0, 0.1) is 11.8 Å². The highest BCUT2D eigenvalue weighted by Crippen LogP contribution is 2.48. The van der Waals surface area contributed by atoms with Gasteiger partial charge in [0.25, 0.3) is 0 Å². The summed E-state index contributed by atoms with van der Waals surface area (Å²) >= 11 is 3.64. The zero-order chi connectivity index (χ0) is 9.59. The molecule has 2 fully saturated rings. The third kappa shape index (κ3) is 1.57. The van der Waals surface area contributed by atoms with Gasteiger partial charge in [-0.1, -0.05) is 15.9 Å². The van der Waals surface area contributed by atoms with Crippen LogP contribution in [0.1, 0.15) is 26.7 Å². The Morgan fingerprint density at radius 2 is 2.23 bits per heavy atom. The molecule has 0 aromatic heterocycles. The molecule has 0 heterocycles. The summed E-state index contributed by atoms with van der Waals surface area (Å²) in [4.78, 5) is 11.6. The molecule has 2 aliphatic carbocycles. The maximum absolute atomic E-state index is 11.2. The van der Waals surface area contributed by atoms with Gasteiger partial charge in [0.05, 0.1) is 12.2 Å². The van der Waals surface area contributed by atoms with Gasteiger partial charge < -0.3 is 4.74 Å². The van der Waals surface area contributed by atoms with E-state index >= 15 is 0 Å². The topological polar surface area (TPSA) is 26.3 Å². The van der Waals surface area contributed by atoms with Crippen molar-refractivity contribution in [1.29, 1.82) is 0 Å². The predicted octanol–water partition coefficient (Wildman–Crippen LogP) is 2.15. The lowest BCUT2D eigenvalue weighted by Gasteiger charge is -2.29. The van der Waals surface area contributed by atoms with Crippen LogP contribution >= 0.6 is 15.9 Å². The van der Waals surface area contributed by atoms with E-state index in [4.69, 9.17) is 4.74 Å². The number of ketones is 1. The Labute approximate surface area is 87.2 Å². The molecule has 74 valence electrons. The standard InChI is InChI=1S/C10H15BrO2/c1-5(2)13-9-4-6-7(10(9)11)3-8(6)12/h5-7,9-10H,3-4H2,1-2H3. The second kappa shape index (κ2) is 3.35. The smallest absolute Gasteiger partial charge is 0.136 e. The van der Waals surface area contributed by atoms with Crippen molar-refractivity contribution in [2.24, 2.45) is 11.8 Å². The Kier molecular flexibility index (Phi) is 2.49. The molecule has 2 nitrogen and oxygen atoms in total. The number of carbonyl (C=O) groups excluding carboxylic acids is 1. The highest BCUT2D eigenvalue weighted by Gasteiger charge is 2.53. The van der Waals surface area contributed by atoms with E-state index in [2.05, 4.69) is 15.9 Å². The van der Waals surface area contributed by atoms with Crippen LogP contribution in [-0.4, -0.2) is 22.8 Å². The Morgan fingerprint density at radius 1 is 1.54 bits per heavy atom. The average molecular weight is 247 g/mol. The molecule has 2 rings (SSSR count). The third-order valence-electron chi connectivity index (χ3n) is 3.06. The fraction of sp³-hybridized carbons (Fsp3) is 0.900. The Morgan fingerprint density at radius 3 is 2.69 bits per heavy atom. The van der Waals surface area contributed by atoms with E-state index in [0.29, 0.717) is 22.4 Å². The first-order valence-corrected chi connectivity index (χ1v) is 5.83. The number of carbonyl (C=O) groups is 1. The fourth-order valence-electron chi connectivity index (χ4n) is 2.38. The highest BCUT2D eigenvalue weighted by atomic mass is 79.9. The molecule has 0 amide bonds. The minimum absolute atomic E-state index is 0.251. The van der Waals surface area contributed by atoms with Crippen molar-refractivity contribution in [2.45, 2.75) is 43.7 Å². The van der Waals surface area contributed by atoms with Crippen LogP contribution in [0.25, 0.3) is 0 Å². The summed E-state index contributed by atoms with van der Waals surface area (Å²) in [6, 6.07) is 0. The zero-order valence-electron chi connectivity index (χ0n) is 8.00. The number of hydrogen-bond donors (Lipinski definition) is 0. The summed E-state index contributed by atoms with van der Waals surface area (Å²) < 4.78 is 5.75. The highest BCUT2D eigenvalue weighted by molar-refractivity contribution is 9.09. The Bertz CT molecular complexity index is 227. The van der Waals surface area contributed by atoms with Crippen LogP contribution in [0.3, 0.4) is 0 Å². The van der Waals surface area contributed by atoms with E-state index in [1.807, 2.05) is 13.8 Å². The summed E-state index contributed by atoms with van der Waals surface area (Å²) in [5, 5.41) is 0. The van der Waals surface area contributed by atoms with Gasteiger partial charge in [-0.15, -0.1) is 0 Å². The molecular weight excluding hydrogens is 232 g/mol. The molecule has 0 aromatic rings. The zero-order valence-corrected chi connectivity index (χ0v) is 9.58. The van der Waals surface area contributed by atoms with Gasteiger partial charge in [-0.05, 0) is 26.2 Å². The molecule has 0 aromatic carbocycles. The molecule has 13 heavy (non-hydrogen) atoms. The summed E-state index contributed by atoms with van der Waals surface area (Å²) in [7, 11) is 0. The van der Waals surface area contributed by atoms with Gasteiger partial charge in [0.2, 0.25) is 0 Å². The van der Waals surface area contributed by atoms with Crippen molar-refractivity contribution >= 4 is 21.7 Å². The molecule has 0 N–H and O–H groups in total. The van der Waals surface area contributed by atoms with Crippen molar-refractivity contribution in [3.63, 3.8) is 0 Å². The summed E-state index contributed by atoms with van der Waals surface area (Å²) in [6.07, 6.45) is 2.20. The summed E-state index contributed by atoms with van der Waals surface area (Å²) in [5.41, 5.74) is 0. The monoisotopic (exact) mass is 246 g/mol. The van der Waals surface area contributed by atoms with Gasteiger partial charge >= 0.3 is 0 Å². The van der Waals surface area contributed by atoms with Gasteiger partial charge in [0.15, 0.2) is 0 Å². The molecule has 0 radical (unpaired) electrons. The fourth-order valence-corrected chi connectivity index (χ4v) is 3.28. The van der Waals surface area contributed by atoms with E-state index in [1.165, 1.54) is 0 Å². The largest absolute Gasteiger partial charge is 0.374 e. The molecule has 3 heteroatoms. The van der Waals surface area contributed by atoms with Crippen LogP contribution < -0.4 is 0 Å². The van der Waals surface area contributed by atoms with Crippen LogP contribution in [0.15, 0.2) is 0 Å². The van der Waals surface area contributed by atoms with E-state index < -0.39 is 0 Å². The average Bonchev–Trinajstić information content (AvgIpc) is 2.27. The summed E-state index contributed by atoms with van der Waals surface area (Å²) in [6.45, 7) is 4.09. The first-order chi connectivity index (χ1) is 6.09. The second-order valence-electron chi connectivity index (χ2n) is 4.34. The van der Waals surface area contributed by atoms with Crippen molar-refractivity contribution in [3.8, 4) is 0 Å². The number of ether oxygens (including phenoxy) is 1. The molecular formula is C10H15BrO2. The molecule has 0 aliphatic heterocycles. The number of hydrogen-bond acceptors (Lipinski definition) is 2. The van der Waals surface area contributed by atoms with Gasteiger partial charge in [-0.25, -0.2) is 0 Å². The van der Waals surface area contributed by atoms with Gasteiger partial charge in [-0.2, -0.15) is 0 Å². The number of Topliss-reactive ketones (excluding diaryl/α,β-unsaturated/α-hetero) is 1. The minimum Gasteiger partial charge on any atom is -0.374 e. The van der Waals surface area contributed by atoms with E-state index in [9.17, 15) is 4.79 Å². The predicted molar refractivity (Wildman–Crippen MR) is 53.9 cm³/mol. The number of fused-ring (bicyclic) bond motifs is 1. The maximum atomic E-state index is 11.2. The van der Waals surface area contributed by atoms with Crippen LogP contribution in [0.5, 0.6) is 0 Å². The van der Waals surface area contributed by atoms with E-state index in [1.54, 1.807) is 0 Å². The van der Waals surface area contributed by atoms with Gasteiger partial charge in [-0.3, -0.25) is 4.79 Å². The molecule has 2 aliphatic rings. The van der Waals surface area contributed by atoms with Crippen LogP contribution in [-0.2, 0) is 9.53 Å². The molecule has 0 saturated heterocycles. The third-order valence-corrected chi connectivity index (χ3v) is 4.33. The van der Waals surface area contributed by atoms with E-state index in [0.717, 1.165) is 12.8 Å². The Balaban J connectivity index is 1.97. The molecule has 4 unspecified atom stereocenters. The minimum atomic E-state index is 0.251. The second-order valence-corrected chi connectivity index (χ2v) is 5.40. The quantitative estimate of drug-likeness (QED) is 0.699. The number of halogens is 1. The first-order valence-electron chi connectivity index (χ1n) is 4.92. The number of alkyl halides is 1. The van der Waals surface area contributed by atoms with E-state index in [-0.39, 0.29) is 12.2 Å². The lowest BCUT2D eigenvalue weighted by molar-refractivity contribution is -0.132. The van der Waals surface area contributed by atoms with Gasteiger partial charge in [0, 0.05) is 17.2 Å². The Hall–Kier alpha value is 0.110. The summed E-state index contributed by atoms with van der Waals surface area (Å²) in [5.74, 6) is 1.29. The normalized spacial score (nSPS) is 43.5. The first kappa shape index (κ1) is 9.66. The molecule has 2 saturated carbocycles. The number of rotatable bonds is 2. The van der Waals surface area contributed by atoms with Gasteiger partial charge in [0.1, 0.15) is 5.78 Å². The van der Waals surface area contributed by atoms with Crippen molar-refractivity contribution in [3.05, 3.63) is 0 Å². The lowest BCUT2D eigenvalue weighted by atomic mass is 9.75. The lowest BCUT2D eigenvalue weighted by Crippen LogP contribution is -2.36. The van der Waals surface area contributed by atoms with Crippen molar-refractivity contribution in [1.82, 2.24) is 0 Å². The SMILES string of the molecule is CC(C)OC1CC2C(=O)CC2C1Br. The molecule has 0 spiro atoms. The molecule has 0 bridgehead atoms. The molecule has 4 atom stereocenters. The maximum Gasteiger partial charge on any atom is 0.136 e.